The standard InChI is InChI=1S/C49H31N3O/c1-3-12-32(13-4-1)33-22-28-38(29-23-33)48-50-47(37-15-5-2-6-16-37)51-49(52-48)46-41(30-31-44-45(46)42-19-9-10-21-43(42)53-44)36-26-24-35(25-27-36)40-20-11-17-34-14-7-8-18-39(34)40/h1-31H/i1D,3D,4D,9D,10D,12D,13D,21D,31D. The molecule has 0 N–H and O–H groups in total. The highest BCUT2D eigenvalue weighted by Crippen LogP contribution is 2.43. The van der Waals surface area contributed by atoms with E-state index in [1.54, 1.807) is 30.3 Å². The number of aromatic nitrogens is 3. The number of hydrogen-bond acceptors (Lipinski definition) is 4. The van der Waals surface area contributed by atoms with E-state index in [-0.39, 0.29) is 64.6 Å². The number of nitrogens with zero attached hydrogens (tertiary/aromatic N) is 3. The van der Waals surface area contributed by atoms with E-state index in [1.807, 2.05) is 72.8 Å². The number of hydrogen-bond donors (Lipinski definition) is 0. The summed E-state index contributed by atoms with van der Waals surface area (Å²) >= 11 is 0. The van der Waals surface area contributed by atoms with Crippen LogP contribution in [0.5, 0.6) is 0 Å². The molecular formula is C49H31N3O. The maximum Gasteiger partial charge on any atom is 0.165 e. The van der Waals surface area contributed by atoms with Gasteiger partial charge in [0.15, 0.2) is 17.5 Å². The average molecular weight is 687 g/mol. The van der Waals surface area contributed by atoms with Crippen molar-refractivity contribution in [1.29, 1.82) is 0 Å². The fourth-order valence-electron chi connectivity index (χ4n) is 6.85. The predicted molar refractivity (Wildman–Crippen MR) is 217 cm³/mol. The summed E-state index contributed by atoms with van der Waals surface area (Å²) in [5.41, 5.74) is 5.83. The van der Waals surface area contributed by atoms with E-state index in [0.29, 0.717) is 44.4 Å². The molecule has 248 valence electrons. The second-order valence-electron chi connectivity index (χ2n) is 12.5. The lowest BCUT2D eigenvalue weighted by atomic mass is 9.92. The van der Waals surface area contributed by atoms with Gasteiger partial charge in [-0.05, 0) is 62.3 Å². The molecule has 0 saturated carbocycles. The molecule has 0 fully saturated rings. The zero-order chi connectivity index (χ0) is 43.0. The lowest BCUT2D eigenvalue weighted by Crippen LogP contribution is -2.01. The van der Waals surface area contributed by atoms with Gasteiger partial charge in [-0.25, -0.2) is 15.0 Å². The zero-order valence-electron chi connectivity index (χ0n) is 37.0. The van der Waals surface area contributed by atoms with Crippen molar-refractivity contribution in [3.8, 4) is 67.5 Å². The Hall–Kier alpha value is -7.17. The molecule has 0 aliphatic carbocycles. The largest absolute Gasteiger partial charge is 0.456 e. The lowest BCUT2D eigenvalue weighted by molar-refractivity contribution is 0.669. The number of para-hydroxylation sites is 1. The highest BCUT2D eigenvalue weighted by atomic mass is 16.3. The van der Waals surface area contributed by atoms with Gasteiger partial charge >= 0.3 is 0 Å². The monoisotopic (exact) mass is 686 g/mol. The van der Waals surface area contributed by atoms with Crippen LogP contribution in [0.1, 0.15) is 12.3 Å². The van der Waals surface area contributed by atoms with Crippen LogP contribution < -0.4 is 0 Å². The van der Waals surface area contributed by atoms with Gasteiger partial charge in [0, 0.05) is 27.5 Å². The molecule has 0 bridgehead atoms. The smallest absolute Gasteiger partial charge is 0.165 e. The van der Waals surface area contributed by atoms with Gasteiger partial charge < -0.3 is 4.42 Å². The van der Waals surface area contributed by atoms with E-state index >= 15 is 0 Å². The normalized spacial score (nSPS) is 13.8. The van der Waals surface area contributed by atoms with Gasteiger partial charge in [0.05, 0.1) is 12.3 Å². The minimum Gasteiger partial charge on any atom is -0.456 e. The summed E-state index contributed by atoms with van der Waals surface area (Å²) in [5, 5.41) is 3.02. The minimum atomic E-state index is -0.470. The first kappa shape index (κ1) is 22.6. The van der Waals surface area contributed by atoms with Gasteiger partial charge in [-0.1, -0.05) is 170 Å². The molecule has 8 aromatic carbocycles. The number of benzene rings is 8. The van der Waals surface area contributed by atoms with Crippen LogP contribution in [0, 0.1) is 0 Å². The predicted octanol–water partition coefficient (Wildman–Crippen LogP) is 12.9. The van der Waals surface area contributed by atoms with Crippen LogP contribution in [-0.2, 0) is 0 Å². The number of rotatable bonds is 6. The second kappa shape index (κ2) is 12.9. The van der Waals surface area contributed by atoms with Gasteiger partial charge in [0.2, 0.25) is 0 Å². The Morgan fingerprint density at radius 3 is 1.79 bits per heavy atom. The van der Waals surface area contributed by atoms with Crippen molar-refractivity contribution in [3.63, 3.8) is 0 Å². The molecule has 0 amide bonds. The average Bonchev–Trinajstić information content (AvgIpc) is 3.69. The molecule has 4 nitrogen and oxygen atoms in total. The van der Waals surface area contributed by atoms with Crippen molar-refractivity contribution in [2.45, 2.75) is 0 Å². The van der Waals surface area contributed by atoms with Crippen molar-refractivity contribution < 1.29 is 16.8 Å². The molecule has 0 spiro atoms. The van der Waals surface area contributed by atoms with Crippen LogP contribution in [0.15, 0.2) is 192 Å². The Balaban J connectivity index is 1.22. The van der Waals surface area contributed by atoms with Gasteiger partial charge in [0.1, 0.15) is 11.2 Å². The quantitative estimate of drug-likeness (QED) is 0.175. The van der Waals surface area contributed by atoms with E-state index in [1.165, 1.54) is 6.07 Å². The lowest BCUT2D eigenvalue weighted by Gasteiger charge is -2.14. The van der Waals surface area contributed by atoms with Gasteiger partial charge in [-0.2, -0.15) is 0 Å². The fourth-order valence-corrected chi connectivity index (χ4v) is 6.85. The summed E-state index contributed by atoms with van der Waals surface area (Å²) in [6.07, 6.45) is 0. The van der Waals surface area contributed by atoms with Crippen molar-refractivity contribution in [2.75, 3.05) is 0 Å². The van der Waals surface area contributed by atoms with E-state index in [2.05, 4.69) is 24.3 Å². The highest BCUT2D eigenvalue weighted by molar-refractivity contribution is 6.15. The molecule has 0 radical (unpaired) electrons. The third-order valence-electron chi connectivity index (χ3n) is 9.40. The number of furan rings is 1. The molecule has 0 aliphatic heterocycles. The molecule has 4 heteroatoms. The SMILES string of the molecule is [2H]c1cc2c(oc3c([2H])cc(-c4ccc(-c5cccc6ccccc56)cc4)c(-c4nc(-c5ccccc5)nc(-c5ccc(-c6c([2H])c([2H])c([2H])c([2H])c6[2H])cc5)n4)c32)c([2H])c1[2H]. The Bertz CT molecular complexity index is 3410. The van der Waals surface area contributed by atoms with Crippen molar-refractivity contribution in [3.05, 3.63) is 188 Å². The van der Waals surface area contributed by atoms with Crippen LogP contribution in [0.25, 0.3) is 100 Å². The molecule has 0 saturated heterocycles. The minimum absolute atomic E-state index is 0.0336. The van der Waals surface area contributed by atoms with Crippen molar-refractivity contribution in [2.24, 2.45) is 0 Å². The molecular weight excluding hydrogens is 647 g/mol. The Morgan fingerprint density at radius 1 is 0.377 bits per heavy atom. The van der Waals surface area contributed by atoms with Gasteiger partial charge in [0.25, 0.3) is 0 Å². The Morgan fingerprint density at radius 2 is 1.00 bits per heavy atom. The molecule has 10 rings (SSSR count). The third kappa shape index (κ3) is 5.54. The fraction of sp³-hybridized carbons (Fsp3) is 0. The summed E-state index contributed by atoms with van der Waals surface area (Å²) in [6.45, 7) is 0. The zero-order valence-corrected chi connectivity index (χ0v) is 28.0. The second-order valence-corrected chi connectivity index (χ2v) is 12.5. The van der Waals surface area contributed by atoms with Crippen molar-refractivity contribution >= 4 is 32.7 Å². The van der Waals surface area contributed by atoms with Crippen LogP contribution in [0.2, 0.25) is 0 Å². The first-order chi connectivity index (χ1) is 30.0. The molecule has 0 unspecified atom stereocenters. The summed E-state index contributed by atoms with van der Waals surface area (Å²) in [6, 6.07) is 39.1. The molecule has 2 aromatic heterocycles. The summed E-state index contributed by atoms with van der Waals surface area (Å²) in [7, 11) is 0. The third-order valence-corrected chi connectivity index (χ3v) is 9.40. The molecule has 10 aromatic rings. The van der Waals surface area contributed by atoms with E-state index in [0.717, 1.165) is 27.5 Å². The van der Waals surface area contributed by atoms with Crippen LogP contribution in [-0.4, -0.2) is 15.0 Å². The van der Waals surface area contributed by atoms with E-state index in [9.17, 15) is 1.37 Å². The molecule has 0 aliphatic rings. The maximum atomic E-state index is 9.24. The highest BCUT2D eigenvalue weighted by Gasteiger charge is 2.22. The van der Waals surface area contributed by atoms with Gasteiger partial charge in [-0.3, -0.25) is 0 Å². The summed E-state index contributed by atoms with van der Waals surface area (Å²) in [4.78, 5) is 15.1. The Kier molecular flexibility index (Phi) is 5.49. The first-order valence-corrected chi connectivity index (χ1v) is 17.0. The Labute approximate surface area is 319 Å². The number of fused-ring (bicyclic) bond motifs is 4. The summed E-state index contributed by atoms with van der Waals surface area (Å²) < 4.78 is 82.7. The first-order valence-electron chi connectivity index (χ1n) is 21.5. The van der Waals surface area contributed by atoms with Crippen molar-refractivity contribution in [1.82, 2.24) is 15.0 Å². The van der Waals surface area contributed by atoms with Crippen LogP contribution in [0.4, 0.5) is 0 Å². The van der Waals surface area contributed by atoms with E-state index in [4.69, 9.17) is 30.3 Å². The topological polar surface area (TPSA) is 51.8 Å². The van der Waals surface area contributed by atoms with Crippen LogP contribution >= 0.6 is 0 Å². The molecule has 53 heavy (non-hydrogen) atoms. The molecule has 2 heterocycles. The van der Waals surface area contributed by atoms with Gasteiger partial charge in [-0.15, -0.1) is 0 Å². The van der Waals surface area contributed by atoms with E-state index < -0.39 is 18.1 Å². The maximum absolute atomic E-state index is 9.24. The summed E-state index contributed by atoms with van der Waals surface area (Å²) in [5.74, 6) is 0.826. The van der Waals surface area contributed by atoms with Crippen LogP contribution in [0.3, 0.4) is 0 Å². The molecule has 0 atom stereocenters.